The SMILES string of the molecule is CN(CCc1ccccc1)c1nnc(N)s1. The Hall–Kier alpha value is -1.62. The van der Waals surface area contributed by atoms with Crippen molar-refractivity contribution >= 4 is 21.6 Å². The van der Waals surface area contributed by atoms with Gasteiger partial charge in [0.25, 0.3) is 0 Å². The molecule has 2 aromatic rings. The lowest BCUT2D eigenvalue weighted by Crippen LogP contribution is -2.20. The van der Waals surface area contributed by atoms with Crippen LogP contribution in [-0.2, 0) is 6.42 Å². The summed E-state index contributed by atoms with van der Waals surface area (Å²) in [6, 6.07) is 10.4. The van der Waals surface area contributed by atoms with Crippen LogP contribution in [0.3, 0.4) is 0 Å². The molecule has 0 spiro atoms. The van der Waals surface area contributed by atoms with E-state index in [2.05, 4.69) is 39.4 Å². The predicted molar refractivity (Wildman–Crippen MR) is 67.7 cm³/mol. The van der Waals surface area contributed by atoms with Gasteiger partial charge in [0.2, 0.25) is 10.3 Å². The highest BCUT2D eigenvalue weighted by atomic mass is 32.1. The van der Waals surface area contributed by atoms with Gasteiger partial charge in [0.15, 0.2) is 0 Å². The molecular formula is C11H14N4S. The van der Waals surface area contributed by atoms with Gasteiger partial charge in [-0.25, -0.2) is 0 Å². The Morgan fingerprint density at radius 2 is 2.00 bits per heavy atom. The number of nitrogen functional groups attached to an aromatic ring is 1. The van der Waals surface area contributed by atoms with Gasteiger partial charge in [0, 0.05) is 13.6 Å². The molecule has 1 heterocycles. The number of aromatic nitrogens is 2. The van der Waals surface area contributed by atoms with Gasteiger partial charge in [-0.1, -0.05) is 41.7 Å². The molecule has 0 amide bonds. The number of anilines is 2. The Kier molecular flexibility index (Phi) is 3.36. The molecule has 1 aromatic carbocycles. The van der Waals surface area contributed by atoms with Gasteiger partial charge in [-0.15, -0.1) is 10.2 Å². The van der Waals surface area contributed by atoms with Crippen LogP contribution in [0.5, 0.6) is 0 Å². The molecule has 2 rings (SSSR count). The molecule has 0 aliphatic rings. The fraction of sp³-hybridized carbons (Fsp3) is 0.273. The molecule has 0 fully saturated rings. The van der Waals surface area contributed by atoms with Crippen molar-refractivity contribution in [3.8, 4) is 0 Å². The first-order valence-electron chi connectivity index (χ1n) is 5.10. The Morgan fingerprint density at radius 1 is 1.25 bits per heavy atom. The van der Waals surface area contributed by atoms with Crippen LogP contribution in [0, 0.1) is 0 Å². The lowest BCUT2D eigenvalue weighted by atomic mass is 10.1. The Labute approximate surface area is 98.7 Å². The molecule has 4 nitrogen and oxygen atoms in total. The first-order valence-corrected chi connectivity index (χ1v) is 5.91. The Morgan fingerprint density at radius 3 is 2.62 bits per heavy atom. The minimum atomic E-state index is 0.515. The van der Waals surface area contributed by atoms with Crippen LogP contribution in [0.25, 0.3) is 0 Å². The molecule has 16 heavy (non-hydrogen) atoms. The number of nitrogens with zero attached hydrogens (tertiary/aromatic N) is 3. The first-order chi connectivity index (χ1) is 7.75. The maximum absolute atomic E-state index is 5.54. The summed E-state index contributed by atoms with van der Waals surface area (Å²) in [5, 5.41) is 9.18. The van der Waals surface area contributed by atoms with Gasteiger partial charge in [-0.2, -0.15) is 0 Å². The average molecular weight is 234 g/mol. The minimum Gasteiger partial charge on any atom is -0.374 e. The van der Waals surface area contributed by atoms with Crippen molar-refractivity contribution in [2.75, 3.05) is 24.2 Å². The zero-order chi connectivity index (χ0) is 11.4. The maximum Gasteiger partial charge on any atom is 0.209 e. The van der Waals surface area contributed by atoms with Crippen LogP contribution in [-0.4, -0.2) is 23.8 Å². The number of hydrogen-bond donors (Lipinski definition) is 1. The zero-order valence-corrected chi connectivity index (χ0v) is 9.94. The molecule has 0 aliphatic carbocycles. The molecule has 2 N–H and O–H groups in total. The van der Waals surface area contributed by atoms with Gasteiger partial charge in [0.1, 0.15) is 0 Å². The van der Waals surface area contributed by atoms with E-state index in [1.807, 2.05) is 13.1 Å². The number of nitrogens with two attached hydrogens (primary N) is 1. The second-order valence-electron chi connectivity index (χ2n) is 3.58. The molecule has 0 radical (unpaired) electrons. The van der Waals surface area contributed by atoms with E-state index < -0.39 is 0 Å². The predicted octanol–water partition coefficient (Wildman–Crippen LogP) is 1.80. The number of rotatable bonds is 4. The highest BCUT2D eigenvalue weighted by molar-refractivity contribution is 7.18. The van der Waals surface area contributed by atoms with Crippen LogP contribution in [0.2, 0.25) is 0 Å². The minimum absolute atomic E-state index is 0.515. The summed E-state index contributed by atoms with van der Waals surface area (Å²) in [5.74, 6) is 0. The summed E-state index contributed by atoms with van der Waals surface area (Å²) in [4.78, 5) is 2.07. The van der Waals surface area contributed by atoms with Gasteiger partial charge < -0.3 is 10.6 Å². The molecule has 0 aliphatic heterocycles. The van der Waals surface area contributed by atoms with Crippen LogP contribution >= 0.6 is 11.3 Å². The Bertz CT molecular complexity index is 440. The van der Waals surface area contributed by atoms with Crippen molar-refractivity contribution in [2.45, 2.75) is 6.42 Å². The molecular weight excluding hydrogens is 220 g/mol. The summed E-state index contributed by atoms with van der Waals surface area (Å²) in [6.07, 6.45) is 0.997. The summed E-state index contributed by atoms with van der Waals surface area (Å²) in [5.41, 5.74) is 6.87. The molecule has 84 valence electrons. The Balaban J connectivity index is 1.91. The van der Waals surface area contributed by atoms with Crippen molar-refractivity contribution < 1.29 is 0 Å². The van der Waals surface area contributed by atoms with Gasteiger partial charge >= 0.3 is 0 Å². The molecule has 1 aromatic heterocycles. The largest absolute Gasteiger partial charge is 0.374 e. The lowest BCUT2D eigenvalue weighted by molar-refractivity contribution is 0.859. The van der Waals surface area contributed by atoms with Crippen molar-refractivity contribution in [2.24, 2.45) is 0 Å². The quantitative estimate of drug-likeness (QED) is 0.876. The monoisotopic (exact) mass is 234 g/mol. The standard InChI is InChI=1S/C11H14N4S/c1-15(11-14-13-10(12)16-11)8-7-9-5-3-2-4-6-9/h2-6H,7-8H2,1H3,(H2,12,13). The first kappa shape index (κ1) is 10.9. The lowest BCUT2D eigenvalue weighted by Gasteiger charge is -2.14. The maximum atomic E-state index is 5.54. The van der Waals surface area contributed by atoms with Crippen LogP contribution in [0.1, 0.15) is 5.56 Å². The zero-order valence-electron chi connectivity index (χ0n) is 9.13. The fourth-order valence-electron chi connectivity index (χ4n) is 1.42. The fourth-order valence-corrected chi connectivity index (χ4v) is 2.02. The molecule has 5 heteroatoms. The van der Waals surface area contributed by atoms with E-state index >= 15 is 0 Å². The van der Waals surface area contributed by atoms with Crippen molar-refractivity contribution in [3.63, 3.8) is 0 Å². The number of benzene rings is 1. The van der Waals surface area contributed by atoms with Crippen LogP contribution < -0.4 is 10.6 Å². The molecule has 0 bridgehead atoms. The van der Waals surface area contributed by atoms with E-state index in [9.17, 15) is 0 Å². The van der Waals surface area contributed by atoms with E-state index in [0.717, 1.165) is 18.1 Å². The number of likely N-dealkylation sites (N-methyl/N-ethyl adjacent to an activating group) is 1. The third-order valence-corrected chi connectivity index (χ3v) is 3.20. The molecule has 0 atom stereocenters. The van der Waals surface area contributed by atoms with E-state index in [0.29, 0.717) is 5.13 Å². The van der Waals surface area contributed by atoms with Crippen LogP contribution in [0.15, 0.2) is 30.3 Å². The summed E-state index contributed by atoms with van der Waals surface area (Å²) < 4.78 is 0. The van der Waals surface area contributed by atoms with E-state index in [4.69, 9.17) is 5.73 Å². The van der Waals surface area contributed by atoms with Crippen molar-refractivity contribution in [1.29, 1.82) is 0 Å². The van der Waals surface area contributed by atoms with E-state index in [-0.39, 0.29) is 0 Å². The van der Waals surface area contributed by atoms with Crippen LogP contribution in [0.4, 0.5) is 10.3 Å². The summed E-state index contributed by atoms with van der Waals surface area (Å²) >= 11 is 1.41. The highest BCUT2D eigenvalue weighted by Gasteiger charge is 2.06. The smallest absolute Gasteiger partial charge is 0.209 e. The second kappa shape index (κ2) is 4.94. The molecule has 0 saturated carbocycles. The molecule has 0 saturated heterocycles. The summed E-state index contributed by atoms with van der Waals surface area (Å²) in [7, 11) is 2.00. The van der Waals surface area contributed by atoms with E-state index in [1.165, 1.54) is 16.9 Å². The molecule has 0 unspecified atom stereocenters. The second-order valence-corrected chi connectivity index (χ2v) is 4.57. The third-order valence-electron chi connectivity index (χ3n) is 2.34. The topological polar surface area (TPSA) is 55.0 Å². The third kappa shape index (κ3) is 2.70. The number of hydrogen-bond acceptors (Lipinski definition) is 5. The van der Waals surface area contributed by atoms with Gasteiger partial charge in [-0.05, 0) is 12.0 Å². The highest BCUT2D eigenvalue weighted by Crippen LogP contribution is 2.20. The van der Waals surface area contributed by atoms with Crippen molar-refractivity contribution in [1.82, 2.24) is 10.2 Å². The van der Waals surface area contributed by atoms with Crippen molar-refractivity contribution in [3.05, 3.63) is 35.9 Å². The van der Waals surface area contributed by atoms with E-state index in [1.54, 1.807) is 0 Å². The summed E-state index contributed by atoms with van der Waals surface area (Å²) in [6.45, 7) is 0.915. The normalized spacial score (nSPS) is 10.3. The average Bonchev–Trinajstić information content (AvgIpc) is 2.74. The van der Waals surface area contributed by atoms with Gasteiger partial charge in [-0.3, -0.25) is 0 Å². The van der Waals surface area contributed by atoms with Gasteiger partial charge in [0.05, 0.1) is 0 Å².